The van der Waals surface area contributed by atoms with Crippen LogP contribution in [-0.2, 0) is 14.8 Å². The van der Waals surface area contributed by atoms with Crippen LogP contribution in [0.15, 0.2) is 0 Å². The Balaban J connectivity index is 0.00000256. The molecule has 0 saturated carbocycles. The molecule has 2 atom stereocenters. The Bertz CT molecular complexity index is 347. The number of carbonyl (C=O) groups excluding carboxylic acids is 1. The lowest BCUT2D eigenvalue weighted by molar-refractivity contribution is -0.119. The van der Waals surface area contributed by atoms with E-state index in [9.17, 15) is 13.2 Å². The van der Waals surface area contributed by atoms with Crippen LogP contribution in [-0.4, -0.2) is 46.3 Å². The van der Waals surface area contributed by atoms with Gasteiger partial charge in [-0.05, 0) is 25.9 Å². The first-order valence-electron chi connectivity index (χ1n) is 5.36. The Kier molecular flexibility index (Phi) is 6.99. The fourth-order valence-corrected chi connectivity index (χ4v) is 2.25. The summed E-state index contributed by atoms with van der Waals surface area (Å²) in [4.78, 5) is 11.5. The molecule has 1 amide bonds. The molecule has 0 bridgehead atoms. The maximum Gasteiger partial charge on any atom is 0.236 e. The lowest BCUT2D eigenvalue weighted by Crippen LogP contribution is -2.51. The van der Waals surface area contributed by atoms with Crippen LogP contribution in [0.3, 0.4) is 0 Å². The number of sulfonamides is 1. The van der Waals surface area contributed by atoms with E-state index in [0.717, 1.165) is 13.0 Å². The van der Waals surface area contributed by atoms with Crippen molar-refractivity contribution in [2.24, 2.45) is 5.92 Å². The van der Waals surface area contributed by atoms with E-state index in [1.807, 2.05) is 0 Å². The zero-order valence-electron chi connectivity index (χ0n) is 10.0. The molecule has 1 heterocycles. The average Bonchev–Trinajstić information content (AvgIpc) is 2.21. The van der Waals surface area contributed by atoms with Gasteiger partial charge in [0.2, 0.25) is 15.9 Å². The predicted molar refractivity (Wildman–Crippen MR) is 68.7 cm³/mol. The van der Waals surface area contributed by atoms with Gasteiger partial charge in [-0.1, -0.05) is 6.92 Å². The standard InChI is InChI=1S/C9H19N3O3S.ClH/c1-7-3-4-11-5-8(7)12-9(13)6-16(14,15)10-2;/h7-8,10-11H,3-6H2,1-2H3,(H,12,13);1H. The molecule has 0 aliphatic carbocycles. The highest BCUT2D eigenvalue weighted by molar-refractivity contribution is 7.90. The van der Waals surface area contributed by atoms with Crippen molar-refractivity contribution >= 4 is 28.3 Å². The molecule has 6 nitrogen and oxygen atoms in total. The molecule has 1 fully saturated rings. The lowest BCUT2D eigenvalue weighted by Gasteiger charge is -2.30. The Labute approximate surface area is 108 Å². The van der Waals surface area contributed by atoms with Crippen molar-refractivity contribution in [2.75, 3.05) is 25.9 Å². The van der Waals surface area contributed by atoms with Crippen molar-refractivity contribution in [1.82, 2.24) is 15.4 Å². The Morgan fingerprint density at radius 2 is 2.12 bits per heavy atom. The van der Waals surface area contributed by atoms with Crippen molar-refractivity contribution in [1.29, 1.82) is 0 Å². The van der Waals surface area contributed by atoms with Gasteiger partial charge in [0, 0.05) is 12.6 Å². The third kappa shape index (κ3) is 5.67. The van der Waals surface area contributed by atoms with E-state index in [-0.39, 0.29) is 18.4 Å². The predicted octanol–water partition coefficient (Wildman–Crippen LogP) is -0.928. The molecule has 0 radical (unpaired) electrons. The summed E-state index contributed by atoms with van der Waals surface area (Å²) < 4.78 is 24.4. The number of piperidine rings is 1. The summed E-state index contributed by atoms with van der Waals surface area (Å²) >= 11 is 0. The second-order valence-corrected chi connectivity index (χ2v) is 6.03. The molecule has 1 saturated heterocycles. The van der Waals surface area contributed by atoms with Crippen LogP contribution >= 0.6 is 12.4 Å². The Hall–Kier alpha value is -0.370. The van der Waals surface area contributed by atoms with E-state index in [4.69, 9.17) is 0 Å². The van der Waals surface area contributed by atoms with Crippen molar-refractivity contribution < 1.29 is 13.2 Å². The molecule has 2 unspecified atom stereocenters. The number of carbonyl (C=O) groups is 1. The van der Waals surface area contributed by atoms with Gasteiger partial charge in [-0.15, -0.1) is 12.4 Å². The van der Waals surface area contributed by atoms with Crippen molar-refractivity contribution in [2.45, 2.75) is 19.4 Å². The molecule has 0 aromatic carbocycles. The van der Waals surface area contributed by atoms with E-state index in [1.54, 1.807) is 0 Å². The molecule has 17 heavy (non-hydrogen) atoms. The molecule has 3 N–H and O–H groups in total. The summed E-state index contributed by atoms with van der Waals surface area (Å²) in [5.74, 6) is -0.579. The number of hydrogen-bond acceptors (Lipinski definition) is 4. The molecule has 0 spiro atoms. The summed E-state index contributed by atoms with van der Waals surface area (Å²) in [6.07, 6.45) is 0.990. The SMILES string of the molecule is CNS(=O)(=O)CC(=O)NC1CNCCC1C.Cl. The van der Waals surface area contributed by atoms with Crippen LogP contribution in [0, 0.1) is 5.92 Å². The van der Waals surface area contributed by atoms with Gasteiger partial charge in [0.1, 0.15) is 5.75 Å². The van der Waals surface area contributed by atoms with Crippen LogP contribution in [0.4, 0.5) is 0 Å². The topological polar surface area (TPSA) is 87.3 Å². The first-order valence-corrected chi connectivity index (χ1v) is 7.01. The van der Waals surface area contributed by atoms with E-state index >= 15 is 0 Å². The summed E-state index contributed by atoms with van der Waals surface area (Å²) in [5.41, 5.74) is 0. The molecular formula is C9H20ClN3O3S. The van der Waals surface area contributed by atoms with Gasteiger partial charge in [-0.2, -0.15) is 0 Å². The van der Waals surface area contributed by atoms with Crippen LogP contribution < -0.4 is 15.4 Å². The average molecular weight is 286 g/mol. The van der Waals surface area contributed by atoms with Crippen LogP contribution in [0.25, 0.3) is 0 Å². The van der Waals surface area contributed by atoms with Crippen molar-refractivity contribution in [3.63, 3.8) is 0 Å². The van der Waals surface area contributed by atoms with E-state index in [0.29, 0.717) is 12.5 Å². The normalized spacial score (nSPS) is 24.8. The van der Waals surface area contributed by atoms with Crippen LogP contribution in [0.2, 0.25) is 0 Å². The Morgan fingerprint density at radius 3 is 2.65 bits per heavy atom. The van der Waals surface area contributed by atoms with Crippen molar-refractivity contribution in [3.05, 3.63) is 0 Å². The van der Waals surface area contributed by atoms with Crippen LogP contribution in [0.1, 0.15) is 13.3 Å². The summed E-state index contributed by atoms with van der Waals surface area (Å²) in [7, 11) is -2.17. The maximum atomic E-state index is 11.5. The fraction of sp³-hybridized carbons (Fsp3) is 0.889. The quantitative estimate of drug-likeness (QED) is 0.623. The second kappa shape index (κ2) is 7.15. The zero-order chi connectivity index (χ0) is 12.2. The molecular weight excluding hydrogens is 266 g/mol. The highest BCUT2D eigenvalue weighted by atomic mass is 35.5. The third-order valence-electron chi connectivity index (χ3n) is 2.81. The molecule has 8 heteroatoms. The number of rotatable bonds is 4. The fourth-order valence-electron chi connectivity index (χ4n) is 1.68. The monoisotopic (exact) mass is 285 g/mol. The Morgan fingerprint density at radius 1 is 1.47 bits per heavy atom. The van der Waals surface area contributed by atoms with Gasteiger partial charge >= 0.3 is 0 Å². The number of amides is 1. The lowest BCUT2D eigenvalue weighted by atomic mass is 9.95. The van der Waals surface area contributed by atoms with E-state index < -0.39 is 21.7 Å². The third-order valence-corrected chi connectivity index (χ3v) is 4.07. The summed E-state index contributed by atoms with van der Waals surface area (Å²) in [5, 5.41) is 5.91. The molecule has 102 valence electrons. The minimum absolute atomic E-state index is 0. The summed E-state index contributed by atoms with van der Waals surface area (Å²) in [6, 6.07) is 0.0216. The molecule has 1 aliphatic heterocycles. The molecule has 0 aromatic rings. The molecule has 1 rings (SSSR count). The zero-order valence-corrected chi connectivity index (χ0v) is 11.7. The maximum absolute atomic E-state index is 11.5. The van der Waals surface area contributed by atoms with Gasteiger partial charge in [0.25, 0.3) is 0 Å². The number of nitrogens with one attached hydrogen (secondary N) is 3. The summed E-state index contributed by atoms with van der Waals surface area (Å²) in [6.45, 7) is 3.70. The van der Waals surface area contributed by atoms with Gasteiger partial charge in [0.05, 0.1) is 0 Å². The smallest absolute Gasteiger partial charge is 0.236 e. The molecule has 1 aliphatic rings. The largest absolute Gasteiger partial charge is 0.351 e. The second-order valence-electron chi connectivity index (χ2n) is 4.11. The molecule has 0 aromatic heterocycles. The minimum atomic E-state index is -3.47. The highest BCUT2D eigenvalue weighted by Gasteiger charge is 2.24. The van der Waals surface area contributed by atoms with Crippen LogP contribution in [0.5, 0.6) is 0 Å². The number of hydrogen-bond donors (Lipinski definition) is 3. The van der Waals surface area contributed by atoms with Crippen molar-refractivity contribution in [3.8, 4) is 0 Å². The minimum Gasteiger partial charge on any atom is -0.351 e. The van der Waals surface area contributed by atoms with Gasteiger partial charge in [0.15, 0.2) is 0 Å². The first-order chi connectivity index (χ1) is 7.44. The van der Waals surface area contributed by atoms with E-state index in [2.05, 4.69) is 22.3 Å². The van der Waals surface area contributed by atoms with Gasteiger partial charge < -0.3 is 10.6 Å². The number of halogens is 1. The van der Waals surface area contributed by atoms with E-state index in [1.165, 1.54) is 7.05 Å². The first kappa shape index (κ1) is 16.6. The van der Waals surface area contributed by atoms with Gasteiger partial charge in [-0.25, -0.2) is 13.1 Å². The highest BCUT2D eigenvalue weighted by Crippen LogP contribution is 2.10. The van der Waals surface area contributed by atoms with Gasteiger partial charge in [-0.3, -0.25) is 4.79 Å².